The molecule has 2 aromatic rings. The molecule has 6 nitrogen and oxygen atoms in total. The van der Waals surface area contributed by atoms with Gasteiger partial charge in [-0.3, -0.25) is 4.79 Å². The first-order valence-electron chi connectivity index (χ1n) is 13.1. The predicted octanol–water partition coefficient (Wildman–Crippen LogP) is 3.92. The molecule has 0 radical (unpaired) electrons. The molecular weight excluding hydrogens is 458 g/mol. The minimum Gasteiger partial charge on any atom is -0.342 e. The summed E-state index contributed by atoms with van der Waals surface area (Å²) in [4.78, 5) is 16.2. The zero-order chi connectivity index (χ0) is 24.5. The average Bonchev–Trinajstić information content (AvgIpc) is 3.65. The summed E-state index contributed by atoms with van der Waals surface area (Å²) in [6, 6.07) is 17.0. The van der Waals surface area contributed by atoms with E-state index in [2.05, 4.69) is 17.0 Å². The number of amides is 1. The van der Waals surface area contributed by atoms with E-state index >= 15 is 0 Å². The minimum absolute atomic E-state index is 0.134. The van der Waals surface area contributed by atoms with E-state index in [1.807, 2.05) is 30.3 Å². The molecule has 1 saturated carbocycles. The van der Waals surface area contributed by atoms with Gasteiger partial charge in [-0.05, 0) is 67.2 Å². The SMILES string of the molecule is NC[C@H]1CCCN1S(=O)(=O)c1ccc(C(Cc2ccccc2)C(=O)N2CCC3(CCCC3)C2)cc1. The third-order valence-electron chi connectivity index (χ3n) is 8.48. The van der Waals surface area contributed by atoms with E-state index in [-0.39, 0.29) is 22.8 Å². The molecule has 2 saturated heterocycles. The van der Waals surface area contributed by atoms with Crippen molar-refractivity contribution in [3.63, 3.8) is 0 Å². The van der Waals surface area contributed by atoms with Gasteiger partial charge in [0.25, 0.3) is 0 Å². The molecule has 7 heteroatoms. The average molecular weight is 496 g/mol. The van der Waals surface area contributed by atoms with Gasteiger partial charge in [0, 0.05) is 32.2 Å². The van der Waals surface area contributed by atoms with E-state index in [0.29, 0.717) is 24.9 Å². The van der Waals surface area contributed by atoms with E-state index < -0.39 is 10.0 Å². The molecule has 2 aromatic carbocycles. The molecule has 2 heterocycles. The Balaban J connectivity index is 1.40. The standard InChI is InChI=1S/C28H37N3O3S/c29-20-24-9-6-17-31(24)35(33,34)25-12-10-23(11-13-25)26(19-22-7-2-1-3-8-22)27(32)30-18-16-28(21-30)14-4-5-15-28/h1-3,7-8,10-13,24,26H,4-6,9,14-21,29H2/t24-,26?/m1/s1. The van der Waals surface area contributed by atoms with Crippen molar-refractivity contribution in [3.05, 3.63) is 65.7 Å². The van der Waals surface area contributed by atoms with Gasteiger partial charge in [0.1, 0.15) is 0 Å². The fourth-order valence-corrected chi connectivity index (χ4v) is 8.15. The Bertz CT molecular complexity index is 1130. The number of rotatable bonds is 7. The van der Waals surface area contributed by atoms with Gasteiger partial charge in [-0.15, -0.1) is 0 Å². The van der Waals surface area contributed by atoms with Gasteiger partial charge >= 0.3 is 0 Å². The van der Waals surface area contributed by atoms with Crippen molar-refractivity contribution in [2.45, 2.75) is 68.2 Å². The third-order valence-corrected chi connectivity index (χ3v) is 10.4. The Hall–Kier alpha value is -2.22. The molecule has 188 valence electrons. The quantitative estimate of drug-likeness (QED) is 0.631. The van der Waals surface area contributed by atoms with Crippen molar-refractivity contribution in [1.29, 1.82) is 0 Å². The lowest BCUT2D eigenvalue weighted by atomic mass is 9.85. The van der Waals surface area contributed by atoms with Crippen LogP contribution in [-0.2, 0) is 21.2 Å². The molecule has 0 bridgehead atoms. The van der Waals surface area contributed by atoms with Crippen molar-refractivity contribution >= 4 is 15.9 Å². The molecule has 2 N–H and O–H groups in total. The summed E-state index contributed by atoms with van der Waals surface area (Å²) in [5.74, 6) is -0.162. The summed E-state index contributed by atoms with van der Waals surface area (Å²) in [6.45, 7) is 2.53. The van der Waals surface area contributed by atoms with Crippen LogP contribution >= 0.6 is 0 Å². The molecule has 5 rings (SSSR count). The Morgan fingerprint density at radius 3 is 2.37 bits per heavy atom. The molecule has 3 aliphatic rings. The molecule has 35 heavy (non-hydrogen) atoms. The highest BCUT2D eigenvalue weighted by atomic mass is 32.2. The Morgan fingerprint density at radius 1 is 0.971 bits per heavy atom. The van der Waals surface area contributed by atoms with Gasteiger partial charge in [0.2, 0.25) is 15.9 Å². The van der Waals surface area contributed by atoms with Crippen LogP contribution in [0.4, 0.5) is 0 Å². The first-order chi connectivity index (χ1) is 16.9. The van der Waals surface area contributed by atoms with Gasteiger partial charge in [-0.1, -0.05) is 55.3 Å². The smallest absolute Gasteiger partial charge is 0.243 e. The summed E-state index contributed by atoms with van der Waals surface area (Å²) >= 11 is 0. The van der Waals surface area contributed by atoms with E-state index in [1.54, 1.807) is 16.4 Å². The van der Waals surface area contributed by atoms with Crippen LogP contribution < -0.4 is 5.73 Å². The fraction of sp³-hybridized carbons (Fsp3) is 0.536. The molecule has 0 aromatic heterocycles. The van der Waals surface area contributed by atoms with Gasteiger partial charge in [0.15, 0.2) is 0 Å². The van der Waals surface area contributed by atoms with Gasteiger partial charge in [-0.25, -0.2) is 8.42 Å². The van der Waals surface area contributed by atoms with Crippen molar-refractivity contribution in [2.24, 2.45) is 11.1 Å². The number of hydrogen-bond acceptors (Lipinski definition) is 4. The number of sulfonamides is 1. The maximum absolute atomic E-state index is 13.8. The van der Waals surface area contributed by atoms with Gasteiger partial charge < -0.3 is 10.6 Å². The largest absolute Gasteiger partial charge is 0.342 e. The summed E-state index contributed by atoms with van der Waals surface area (Å²) in [6.07, 6.45) is 8.35. The lowest BCUT2D eigenvalue weighted by Crippen LogP contribution is -2.39. The topological polar surface area (TPSA) is 83.7 Å². The summed E-state index contributed by atoms with van der Waals surface area (Å²) < 4.78 is 28.1. The molecule has 1 spiro atoms. The first-order valence-corrected chi connectivity index (χ1v) is 14.5. The van der Waals surface area contributed by atoms with Crippen molar-refractivity contribution in [1.82, 2.24) is 9.21 Å². The summed E-state index contributed by atoms with van der Waals surface area (Å²) in [5, 5.41) is 0. The second kappa shape index (κ2) is 10.0. The second-order valence-electron chi connectivity index (χ2n) is 10.7. The first kappa shape index (κ1) is 24.5. The number of carbonyl (C=O) groups excluding carboxylic acids is 1. The lowest BCUT2D eigenvalue weighted by molar-refractivity contribution is -0.132. The van der Waals surface area contributed by atoms with Gasteiger partial charge in [0.05, 0.1) is 10.8 Å². The third kappa shape index (κ3) is 4.91. The highest BCUT2D eigenvalue weighted by molar-refractivity contribution is 7.89. The molecule has 2 aliphatic heterocycles. The van der Waals surface area contributed by atoms with Crippen molar-refractivity contribution < 1.29 is 13.2 Å². The number of hydrogen-bond donors (Lipinski definition) is 1. The molecule has 1 unspecified atom stereocenters. The molecule has 1 amide bonds. The van der Waals surface area contributed by atoms with Crippen molar-refractivity contribution in [2.75, 3.05) is 26.2 Å². The van der Waals surface area contributed by atoms with E-state index in [4.69, 9.17) is 5.73 Å². The second-order valence-corrected chi connectivity index (χ2v) is 12.6. The van der Waals surface area contributed by atoms with Crippen LogP contribution in [0.2, 0.25) is 0 Å². The summed E-state index contributed by atoms with van der Waals surface area (Å²) in [5.41, 5.74) is 8.13. The van der Waals surface area contributed by atoms with Crippen LogP contribution in [0.25, 0.3) is 0 Å². The number of benzene rings is 2. The molecule has 3 fully saturated rings. The maximum Gasteiger partial charge on any atom is 0.243 e. The number of nitrogens with zero attached hydrogens (tertiary/aromatic N) is 2. The zero-order valence-corrected chi connectivity index (χ0v) is 21.3. The summed E-state index contributed by atoms with van der Waals surface area (Å²) in [7, 11) is -3.59. The Kier molecular flexibility index (Phi) is 7.02. The molecule has 2 atom stereocenters. The lowest BCUT2D eigenvalue weighted by Gasteiger charge is -2.27. The highest BCUT2D eigenvalue weighted by Gasteiger charge is 2.43. The van der Waals surface area contributed by atoms with E-state index in [9.17, 15) is 13.2 Å². The van der Waals surface area contributed by atoms with Gasteiger partial charge in [-0.2, -0.15) is 4.31 Å². The van der Waals surface area contributed by atoms with Crippen LogP contribution in [0.3, 0.4) is 0 Å². The normalized spacial score (nSPS) is 23.2. The van der Waals surface area contributed by atoms with Crippen LogP contribution in [-0.4, -0.2) is 55.8 Å². The van der Waals surface area contributed by atoms with Crippen LogP contribution in [0.1, 0.15) is 62.0 Å². The van der Waals surface area contributed by atoms with E-state index in [0.717, 1.165) is 43.5 Å². The zero-order valence-electron chi connectivity index (χ0n) is 20.4. The predicted molar refractivity (Wildman–Crippen MR) is 137 cm³/mol. The monoisotopic (exact) mass is 495 g/mol. The minimum atomic E-state index is -3.59. The Labute approximate surface area is 209 Å². The van der Waals surface area contributed by atoms with E-state index in [1.165, 1.54) is 25.7 Å². The van der Waals surface area contributed by atoms with Crippen LogP contribution in [0.5, 0.6) is 0 Å². The fourth-order valence-electron chi connectivity index (χ4n) is 6.44. The molecule has 1 aliphatic carbocycles. The van der Waals surface area contributed by atoms with Crippen LogP contribution in [0, 0.1) is 5.41 Å². The van der Waals surface area contributed by atoms with Crippen LogP contribution in [0.15, 0.2) is 59.5 Å². The maximum atomic E-state index is 13.8. The molecular formula is C28H37N3O3S. The number of carbonyl (C=O) groups is 1. The Morgan fingerprint density at radius 2 is 1.69 bits per heavy atom. The highest BCUT2D eigenvalue weighted by Crippen LogP contribution is 2.46. The number of nitrogens with two attached hydrogens (primary N) is 1. The van der Waals surface area contributed by atoms with Crippen molar-refractivity contribution in [3.8, 4) is 0 Å². The number of likely N-dealkylation sites (tertiary alicyclic amines) is 1.